The molecule has 1 aliphatic rings. The van der Waals surface area contributed by atoms with Gasteiger partial charge in [-0.3, -0.25) is 14.3 Å². The number of halogens is 1. The summed E-state index contributed by atoms with van der Waals surface area (Å²) in [7, 11) is 0. The van der Waals surface area contributed by atoms with Gasteiger partial charge in [-0.1, -0.05) is 26.0 Å². The molecule has 4 rings (SSSR count). The molecule has 0 unspecified atom stereocenters. The molecule has 0 spiro atoms. The van der Waals surface area contributed by atoms with Gasteiger partial charge in [0, 0.05) is 17.8 Å². The molecule has 0 fully saturated rings. The summed E-state index contributed by atoms with van der Waals surface area (Å²) >= 11 is 0. The van der Waals surface area contributed by atoms with Crippen LogP contribution in [-0.4, -0.2) is 33.0 Å². The molecule has 0 radical (unpaired) electrons. The number of amides is 2. The monoisotopic (exact) mass is 384 g/mol. The van der Waals surface area contributed by atoms with E-state index >= 15 is 0 Å². The number of hydrogen-bond donors (Lipinski definition) is 1. The molecule has 0 saturated carbocycles. The molecule has 0 atom stereocenters. The smallest absolute Gasteiger partial charge is 0.287 e. The van der Waals surface area contributed by atoms with Crippen LogP contribution in [0.25, 0.3) is 11.0 Å². The second kappa shape index (κ2) is 7.10. The molecule has 7 nitrogen and oxygen atoms in total. The number of carbonyl (C=O) groups excluding carboxylic acids is 2. The van der Waals surface area contributed by atoms with Crippen LogP contribution in [0.15, 0.2) is 34.7 Å². The first-order valence-electron chi connectivity index (χ1n) is 9.23. The van der Waals surface area contributed by atoms with Gasteiger partial charge in [0.2, 0.25) is 5.91 Å². The van der Waals surface area contributed by atoms with Crippen molar-refractivity contribution in [1.29, 1.82) is 0 Å². The number of aromatic nitrogens is 2. The molecule has 2 aromatic heterocycles. The summed E-state index contributed by atoms with van der Waals surface area (Å²) in [6, 6.07) is 7.94. The number of nitrogens with zero attached hydrogens (tertiary/aromatic N) is 3. The first-order chi connectivity index (χ1) is 13.4. The summed E-state index contributed by atoms with van der Waals surface area (Å²) in [5.74, 6) is -0.795. The Labute approximate surface area is 161 Å². The minimum Gasteiger partial charge on any atom is -0.448 e. The van der Waals surface area contributed by atoms with Gasteiger partial charge in [0.1, 0.15) is 0 Å². The quantitative estimate of drug-likeness (QED) is 0.750. The van der Waals surface area contributed by atoms with Gasteiger partial charge < -0.3 is 14.6 Å². The fourth-order valence-electron chi connectivity index (χ4n) is 3.36. The maximum absolute atomic E-state index is 13.7. The van der Waals surface area contributed by atoms with Crippen molar-refractivity contribution in [3.05, 3.63) is 53.3 Å². The van der Waals surface area contributed by atoms with Gasteiger partial charge in [-0.25, -0.2) is 4.39 Å². The van der Waals surface area contributed by atoms with Gasteiger partial charge in [-0.15, -0.1) is 0 Å². The van der Waals surface area contributed by atoms with Gasteiger partial charge >= 0.3 is 0 Å². The first-order valence-corrected chi connectivity index (χ1v) is 9.23. The fourth-order valence-corrected chi connectivity index (χ4v) is 3.36. The summed E-state index contributed by atoms with van der Waals surface area (Å²) in [5.41, 5.74) is 1.71. The second-order valence-corrected chi connectivity index (χ2v) is 7.22. The molecule has 1 aliphatic heterocycles. The molecular weight excluding hydrogens is 363 g/mol. The number of para-hydroxylation sites is 1. The zero-order chi connectivity index (χ0) is 19.8. The Hall–Kier alpha value is -3.16. The van der Waals surface area contributed by atoms with Crippen LogP contribution in [0.5, 0.6) is 0 Å². The molecule has 28 heavy (non-hydrogen) atoms. The zero-order valence-corrected chi connectivity index (χ0v) is 15.7. The Morgan fingerprint density at radius 2 is 2.11 bits per heavy atom. The van der Waals surface area contributed by atoms with Crippen molar-refractivity contribution in [3.63, 3.8) is 0 Å². The highest BCUT2D eigenvalue weighted by Gasteiger charge is 2.24. The van der Waals surface area contributed by atoms with E-state index in [-0.39, 0.29) is 29.7 Å². The maximum Gasteiger partial charge on any atom is 0.287 e. The highest BCUT2D eigenvalue weighted by molar-refractivity contribution is 5.96. The van der Waals surface area contributed by atoms with E-state index in [1.807, 2.05) is 29.5 Å². The normalized spacial score (nSPS) is 13.8. The SMILES string of the molecule is CC(C)C(=O)N1CCn2nc(CNC(=O)c3cc4cccc(F)c4o3)cc2C1. The van der Waals surface area contributed by atoms with E-state index in [9.17, 15) is 14.0 Å². The highest BCUT2D eigenvalue weighted by Crippen LogP contribution is 2.22. The number of nitrogens with one attached hydrogen (secondary N) is 1. The largest absolute Gasteiger partial charge is 0.448 e. The van der Waals surface area contributed by atoms with Gasteiger partial charge in [-0.05, 0) is 18.2 Å². The Kier molecular flexibility index (Phi) is 4.62. The molecule has 1 aromatic carbocycles. The van der Waals surface area contributed by atoms with Crippen molar-refractivity contribution in [1.82, 2.24) is 20.0 Å². The molecule has 2 amide bonds. The van der Waals surface area contributed by atoms with Crippen molar-refractivity contribution in [3.8, 4) is 0 Å². The third-order valence-corrected chi connectivity index (χ3v) is 4.80. The van der Waals surface area contributed by atoms with Crippen molar-refractivity contribution in [2.24, 2.45) is 5.92 Å². The molecular formula is C20H21FN4O3. The molecule has 1 N–H and O–H groups in total. The average molecular weight is 384 g/mol. The van der Waals surface area contributed by atoms with E-state index < -0.39 is 11.7 Å². The summed E-state index contributed by atoms with van der Waals surface area (Å²) in [6.45, 7) is 5.77. The predicted molar refractivity (Wildman–Crippen MR) is 99.8 cm³/mol. The Bertz CT molecular complexity index is 1050. The van der Waals surface area contributed by atoms with Crippen LogP contribution < -0.4 is 5.32 Å². The van der Waals surface area contributed by atoms with Gasteiger partial charge in [0.25, 0.3) is 5.91 Å². The second-order valence-electron chi connectivity index (χ2n) is 7.22. The molecule has 0 saturated heterocycles. The topological polar surface area (TPSA) is 80.4 Å². The molecule has 3 aromatic rings. The lowest BCUT2D eigenvalue weighted by Crippen LogP contribution is -2.40. The van der Waals surface area contributed by atoms with Crippen molar-refractivity contribution in [2.75, 3.05) is 6.54 Å². The van der Waals surface area contributed by atoms with Gasteiger partial charge in [0.05, 0.1) is 31.0 Å². The van der Waals surface area contributed by atoms with Crippen LogP contribution in [0, 0.1) is 11.7 Å². The first kappa shape index (κ1) is 18.2. The van der Waals surface area contributed by atoms with E-state index in [4.69, 9.17) is 4.42 Å². The number of benzene rings is 1. The summed E-state index contributed by atoms with van der Waals surface area (Å²) in [6.07, 6.45) is 0. The minimum absolute atomic E-state index is 0.0399. The number of hydrogen-bond acceptors (Lipinski definition) is 4. The van der Waals surface area contributed by atoms with E-state index in [1.165, 1.54) is 12.1 Å². The summed E-state index contributed by atoms with van der Waals surface area (Å²) in [4.78, 5) is 26.4. The Morgan fingerprint density at radius 3 is 2.86 bits per heavy atom. The van der Waals surface area contributed by atoms with E-state index in [1.54, 1.807) is 12.1 Å². The predicted octanol–water partition coefficient (Wildman–Crippen LogP) is 2.70. The van der Waals surface area contributed by atoms with Crippen molar-refractivity contribution < 1.29 is 18.4 Å². The summed E-state index contributed by atoms with van der Waals surface area (Å²) < 4.78 is 20.9. The molecule has 0 aliphatic carbocycles. The fraction of sp³-hybridized carbons (Fsp3) is 0.350. The van der Waals surface area contributed by atoms with Crippen molar-refractivity contribution in [2.45, 2.75) is 33.5 Å². The maximum atomic E-state index is 13.7. The number of fused-ring (bicyclic) bond motifs is 2. The Balaban J connectivity index is 1.42. The third-order valence-electron chi connectivity index (χ3n) is 4.80. The van der Waals surface area contributed by atoms with E-state index in [0.29, 0.717) is 30.7 Å². The molecule has 3 heterocycles. The van der Waals surface area contributed by atoms with Gasteiger partial charge in [0.15, 0.2) is 17.2 Å². The Morgan fingerprint density at radius 1 is 1.29 bits per heavy atom. The minimum atomic E-state index is -0.501. The number of carbonyl (C=O) groups is 2. The lowest BCUT2D eigenvalue weighted by molar-refractivity contribution is -0.136. The van der Waals surface area contributed by atoms with Crippen LogP contribution in [-0.2, 0) is 24.4 Å². The van der Waals surface area contributed by atoms with Crippen LogP contribution in [0.2, 0.25) is 0 Å². The molecule has 8 heteroatoms. The lowest BCUT2D eigenvalue weighted by atomic mass is 10.1. The van der Waals surface area contributed by atoms with Crippen LogP contribution in [0.3, 0.4) is 0 Å². The van der Waals surface area contributed by atoms with Crippen LogP contribution >= 0.6 is 0 Å². The standard InChI is InChI=1S/C20H21FN4O3/c1-12(2)20(27)24-6-7-25-15(11-24)9-14(23-25)10-22-19(26)17-8-13-4-3-5-16(21)18(13)28-17/h3-5,8-9,12H,6-7,10-11H2,1-2H3,(H,22,26). The van der Waals surface area contributed by atoms with Crippen molar-refractivity contribution >= 4 is 22.8 Å². The number of furan rings is 1. The third kappa shape index (κ3) is 3.37. The molecule has 146 valence electrons. The van der Waals surface area contributed by atoms with Crippen LogP contribution in [0.1, 0.15) is 35.8 Å². The number of rotatable bonds is 4. The summed E-state index contributed by atoms with van der Waals surface area (Å²) in [5, 5.41) is 7.77. The van der Waals surface area contributed by atoms with E-state index in [2.05, 4.69) is 10.4 Å². The molecule has 0 bridgehead atoms. The van der Waals surface area contributed by atoms with Gasteiger partial charge in [-0.2, -0.15) is 5.10 Å². The zero-order valence-electron chi connectivity index (χ0n) is 15.7. The van der Waals surface area contributed by atoms with Crippen LogP contribution in [0.4, 0.5) is 4.39 Å². The lowest BCUT2D eigenvalue weighted by Gasteiger charge is -2.29. The van der Waals surface area contributed by atoms with E-state index in [0.717, 1.165) is 5.69 Å². The average Bonchev–Trinajstić information content (AvgIpc) is 3.29. The highest BCUT2D eigenvalue weighted by atomic mass is 19.1.